The maximum atomic E-state index is 10.6. The third-order valence-corrected chi connectivity index (χ3v) is 3.09. The van der Waals surface area contributed by atoms with Gasteiger partial charge in [-0.2, -0.15) is 0 Å². The maximum Gasteiger partial charge on any atom is 0.150 e. The molecule has 0 amide bonds. The molecule has 0 bridgehead atoms. The first-order chi connectivity index (χ1) is 8.24. The molecule has 0 heterocycles. The van der Waals surface area contributed by atoms with Crippen LogP contribution in [0.5, 0.6) is 0 Å². The summed E-state index contributed by atoms with van der Waals surface area (Å²) < 4.78 is 0. The summed E-state index contributed by atoms with van der Waals surface area (Å²) >= 11 is 6.18. The lowest BCUT2D eigenvalue weighted by Crippen LogP contribution is -1.86. The van der Waals surface area contributed by atoms with Crippen molar-refractivity contribution in [3.63, 3.8) is 0 Å². The Morgan fingerprint density at radius 1 is 1.18 bits per heavy atom. The summed E-state index contributed by atoms with van der Waals surface area (Å²) in [6.45, 7) is 2.12. The van der Waals surface area contributed by atoms with Crippen LogP contribution in [-0.4, -0.2) is 6.29 Å². The Kier molecular flexibility index (Phi) is 3.60. The van der Waals surface area contributed by atoms with Gasteiger partial charge in [-0.1, -0.05) is 54.9 Å². The van der Waals surface area contributed by atoms with Gasteiger partial charge >= 0.3 is 0 Å². The van der Waals surface area contributed by atoms with Crippen LogP contribution in [0.4, 0.5) is 0 Å². The van der Waals surface area contributed by atoms with Crippen LogP contribution < -0.4 is 0 Å². The van der Waals surface area contributed by atoms with Gasteiger partial charge in [-0.05, 0) is 23.6 Å². The van der Waals surface area contributed by atoms with Crippen molar-refractivity contribution in [2.75, 3.05) is 0 Å². The van der Waals surface area contributed by atoms with Gasteiger partial charge < -0.3 is 0 Å². The SMILES string of the molecule is CCc1cccc(-c2ccc(C=O)cc2Cl)c1. The Bertz CT molecular complexity index is 546. The average molecular weight is 245 g/mol. The zero-order valence-electron chi connectivity index (χ0n) is 9.61. The summed E-state index contributed by atoms with van der Waals surface area (Å²) in [6, 6.07) is 13.6. The van der Waals surface area contributed by atoms with Gasteiger partial charge in [-0.15, -0.1) is 0 Å². The predicted molar refractivity (Wildman–Crippen MR) is 71.7 cm³/mol. The van der Waals surface area contributed by atoms with Crippen LogP contribution in [-0.2, 0) is 6.42 Å². The Morgan fingerprint density at radius 2 is 2.00 bits per heavy atom. The minimum atomic E-state index is 0.602. The molecule has 0 aliphatic rings. The molecule has 0 fully saturated rings. The number of hydrogen-bond donors (Lipinski definition) is 0. The fourth-order valence-electron chi connectivity index (χ4n) is 1.80. The van der Waals surface area contributed by atoms with Gasteiger partial charge in [-0.3, -0.25) is 4.79 Å². The first-order valence-electron chi connectivity index (χ1n) is 5.58. The number of carbonyl (C=O) groups excluding carboxylic acids is 1. The van der Waals surface area contributed by atoms with E-state index in [1.807, 2.05) is 18.2 Å². The molecular weight excluding hydrogens is 232 g/mol. The molecule has 0 spiro atoms. The number of benzene rings is 2. The molecular formula is C15H13ClO. The van der Waals surface area contributed by atoms with Gasteiger partial charge in [0.25, 0.3) is 0 Å². The van der Waals surface area contributed by atoms with Crippen LogP contribution >= 0.6 is 11.6 Å². The first-order valence-corrected chi connectivity index (χ1v) is 5.96. The lowest BCUT2D eigenvalue weighted by molar-refractivity contribution is 0.112. The molecule has 2 aromatic rings. The second-order valence-corrected chi connectivity index (χ2v) is 4.32. The third-order valence-electron chi connectivity index (χ3n) is 2.78. The predicted octanol–water partition coefficient (Wildman–Crippen LogP) is 4.38. The fraction of sp³-hybridized carbons (Fsp3) is 0.133. The van der Waals surface area contributed by atoms with Crippen molar-refractivity contribution in [2.24, 2.45) is 0 Å². The van der Waals surface area contributed by atoms with Crippen LogP contribution in [0.2, 0.25) is 5.02 Å². The summed E-state index contributed by atoms with van der Waals surface area (Å²) in [5.74, 6) is 0. The molecule has 1 nitrogen and oxygen atoms in total. The van der Waals surface area contributed by atoms with Crippen LogP contribution in [0.1, 0.15) is 22.8 Å². The number of aryl methyl sites for hydroxylation is 1. The highest BCUT2D eigenvalue weighted by Crippen LogP contribution is 2.29. The fourth-order valence-corrected chi connectivity index (χ4v) is 2.10. The molecule has 0 atom stereocenters. The van der Waals surface area contributed by atoms with Gasteiger partial charge in [0.15, 0.2) is 0 Å². The smallest absolute Gasteiger partial charge is 0.150 e. The van der Waals surface area contributed by atoms with E-state index in [0.29, 0.717) is 10.6 Å². The summed E-state index contributed by atoms with van der Waals surface area (Å²) in [7, 11) is 0. The monoisotopic (exact) mass is 244 g/mol. The van der Waals surface area contributed by atoms with Crippen molar-refractivity contribution in [1.82, 2.24) is 0 Å². The van der Waals surface area contributed by atoms with E-state index in [4.69, 9.17) is 11.6 Å². The van der Waals surface area contributed by atoms with E-state index in [0.717, 1.165) is 23.8 Å². The Morgan fingerprint density at radius 3 is 2.65 bits per heavy atom. The minimum Gasteiger partial charge on any atom is -0.298 e. The van der Waals surface area contributed by atoms with E-state index in [2.05, 4.69) is 19.1 Å². The molecule has 0 aliphatic heterocycles. The van der Waals surface area contributed by atoms with Gasteiger partial charge in [0.2, 0.25) is 0 Å². The van der Waals surface area contributed by atoms with E-state index in [9.17, 15) is 4.79 Å². The highest BCUT2D eigenvalue weighted by Gasteiger charge is 2.04. The summed E-state index contributed by atoms with van der Waals surface area (Å²) in [4.78, 5) is 10.6. The first kappa shape index (κ1) is 11.9. The summed E-state index contributed by atoms with van der Waals surface area (Å²) in [6.07, 6.45) is 1.80. The lowest BCUT2D eigenvalue weighted by Gasteiger charge is -2.06. The van der Waals surface area contributed by atoms with Crippen molar-refractivity contribution < 1.29 is 4.79 Å². The van der Waals surface area contributed by atoms with Gasteiger partial charge in [0.1, 0.15) is 6.29 Å². The third kappa shape index (κ3) is 2.56. The van der Waals surface area contributed by atoms with Crippen molar-refractivity contribution in [1.29, 1.82) is 0 Å². The number of aldehydes is 1. The maximum absolute atomic E-state index is 10.6. The number of hydrogen-bond acceptors (Lipinski definition) is 1. The zero-order chi connectivity index (χ0) is 12.3. The van der Waals surface area contributed by atoms with E-state index >= 15 is 0 Å². The lowest BCUT2D eigenvalue weighted by atomic mass is 10.0. The van der Waals surface area contributed by atoms with E-state index in [-0.39, 0.29) is 0 Å². The molecule has 0 unspecified atom stereocenters. The van der Waals surface area contributed by atoms with Gasteiger partial charge in [0, 0.05) is 16.1 Å². The Labute approximate surface area is 106 Å². The molecule has 2 aromatic carbocycles. The molecule has 0 saturated heterocycles. The molecule has 86 valence electrons. The molecule has 17 heavy (non-hydrogen) atoms. The molecule has 0 N–H and O–H groups in total. The highest BCUT2D eigenvalue weighted by molar-refractivity contribution is 6.33. The minimum absolute atomic E-state index is 0.602. The average Bonchev–Trinajstić information content (AvgIpc) is 2.38. The summed E-state index contributed by atoms with van der Waals surface area (Å²) in [5, 5.41) is 0.614. The van der Waals surface area contributed by atoms with Gasteiger partial charge in [0.05, 0.1) is 0 Å². The second kappa shape index (κ2) is 5.15. The quantitative estimate of drug-likeness (QED) is 0.733. The number of rotatable bonds is 3. The van der Waals surface area contributed by atoms with Crippen molar-refractivity contribution in [3.05, 3.63) is 58.6 Å². The zero-order valence-corrected chi connectivity index (χ0v) is 10.4. The molecule has 2 heteroatoms. The van der Waals surface area contributed by atoms with Crippen LogP contribution in [0, 0.1) is 0 Å². The van der Waals surface area contributed by atoms with Gasteiger partial charge in [-0.25, -0.2) is 0 Å². The topological polar surface area (TPSA) is 17.1 Å². The van der Waals surface area contributed by atoms with Crippen LogP contribution in [0.25, 0.3) is 11.1 Å². The van der Waals surface area contributed by atoms with Crippen LogP contribution in [0.3, 0.4) is 0 Å². The Balaban J connectivity index is 2.48. The number of halogens is 1. The van der Waals surface area contributed by atoms with Crippen LogP contribution in [0.15, 0.2) is 42.5 Å². The standard InChI is InChI=1S/C15H13ClO/c1-2-11-4-3-5-13(8-11)14-7-6-12(10-17)9-15(14)16/h3-10H,2H2,1H3. The summed E-state index contributed by atoms with van der Waals surface area (Å²) in [5.41, 5.74) is 3.93. The van der Waals surface area contributed by atoms with E-state index in [1.54, 1.807) is 12.1 Å². The largest absolute Gasteiger partial charge is 0.298 e. The normalized spacial score (nSPS) is 10.2. The Hall–Kier alpha value is -1.60. The number of carbonyl (C=O) groups is 1. The van der Waals surface area contributed by atoms with E-state index in [1.165, 1.54) is 5.56 Å². The molecule has 0 radical (unpaired) electrons. The van der Waals surface area contributed by atoms with Crippen molar-refractivity contribution >= 4 is 17.9 Å². The van der Waals surface area contributed by atoms with Crippen molar-refractivity contribution in [2.45, 2.75) is 13.3 Å². The molecule has 0 aliphatic carbocycles. The molecule has 2 rings (SSSR count). The molecule has 0 aromatic heterocycles. The molecule has 0 saturated carbocycles. The highest BCUT2D eigenvalue weighted by atomic mass is 35.5. The van der Waals surface area contributed by atoms with Crippen molar-refractivity contribution in [3.8, 4) is 11.1 Å². The van der Waals surface area contributed by atoms with E-state index < -0.39 is 0 Å². The second-order valence-electron chi connectivity index (χ2n) is 3.91.